The van der Waals surface area contributed by atoms with Crippen LogP contribution in [-0.2, 0) is 16.0 Å². The number of nitrogens with two attached hydrogens (primary N) is 1. The Kier molecular flexibility index (Phi) is 4.47. The summed E-state index contributed by atoms with van der Waals surface area (Å²) in [6, 6.07) is 8.27. The number of nitrogens with zero attached hydrogens (tertiary/aromatic N) is 2. The van der Waals surface area contributed by atoms with Crippen LogP contribution < -0.4 is 5.73 Å². The molecule has 1 heterocycles. The van der Waals surface area contributed by atoms with E-state index in [0.29, 0.717) is 13.0 Å². The molecule has 1 aliphatic rings. The van der Waals surface area contributed by atoms with Gasteiger partial charge in [-0.3, -0.25) is 14.6 Å². The Morgan fingerprint density at radius 1 is 1.40 bits per heavy atom. The molecule has 6 heteroatoms. The summed E-state index contributed by atoms with van der Waals surface area (Å²) in [7, 11) is 0. The van der Waals surface area contributed by atoms with Gasteiger partial charge in [0.1, 0.15) is 6.04 Å². The maximum atomic E-state index is 12.1. The van der Waals surface area contributed by atoms with Crippen LogP contribution in [0.25, 0.3) is 0 Å². The standard InChI is InChI=1S/C14H17N3O3/c15-12(14(19)20)7-11-8-17(9-16-11)13(18)6-10-4-2-1-3-5-10/h1-5,9,11-12H,6-8,15H2,(H,19,20)/t11?,12-/m0/s1. The molecule has 0 bridgehead atoms. The molecule has 0 fully saturated rings. The molecule has 2 atom stereocenters. The summed E-state index contributed by atoms with van der Waals surface area (Å²) in [5, 5.41) is 8.75. The Balaban J connectivity index is 1.85. The Hall–Kier alpha value is -2.21. The lowest BCUT2D eigenvalue weighted by atomic mass is 10.1. The number of aliphatic imine (C=N–C) groups is 1. The number of amides is 1. The van der Waals surface area contributed by atoms with Crippen molar-refractivity contribution in [3.8, 4) is 0 Å². The first-order valence-corrected chi connectivity index (χ1v) is 6.41. The lowest BCUT2D eigenvalue weighted by molar-refractivity contribution is -0.138. The lowest BCUT2D eigenvalue weighted by Crippen LogP contribution is -2.37. The van der Waals surface area contributed by atoms with Gasteiger partial charge in [0, 0.05) is 6.54 Å². The molecule has 6 nitrogen and oxygen atoms in total. The lowest BCUT2D eigenvalue weighted by Gasteiger charge is -2.15. The minimum atomic E-state index is -1.05. The molecule has 2 rings (SSSR count). The maximum Gasteiger partial charge on any atom is 0.320 e. The van der Waals surface area contributed by atoms with Crippen LogP contribution in [0.15, 0.2) is 35.3 Å². The van der Waals surface area contributed by atoms with Crippen LogP contribution in [0.4, 0.5) is 0 Å². The van der Waals surface area contributed by atoms with Crippen molar-refractivity contribution in [3.63, 3.8) is 0 Å². The summed E-state index contributed by atoms with van der Waals surface area (Å²) >= 11 is 0. The number of aliphatic carboxylic acids is 1. The van der Waals surface area contributed by atoms with E-state index in [-0.39, 0.29) is 18.4 Å². The number of carboxylic acids is 1. The maximum absolute atomic E-state index is 12.1. The first-order valence-electron chi connectivity index (χ1n) is 6.41. The van der Waals surface area contributed by atoms with Crippen molar-refractivity contribution in [3.05, 3.63) is 35.9 Å². The molecule has 0 aliphatic carbocycles. The van der Waals surface area contributed by atoms with Crippen LogP contribution in [0.1, 0.15) is 12.0 Å². The Morgan fingerprint density at radius 2 is 2.10 bits per heavy atom. The van der Waals surface area contributed by atoms with Crippen molar-refractivity contribution in [1.29, 1.82) is 0 Å². The van der Waals surface area contributed by atoms with E-state index in [1.165, 1.54) is 11.2 Å². The highest BCUT2D eigenvalue weighted by Crippen LogP contribution is 2.11. The first kappa shape index (κ1) is 14.2. The molecule has 106 valence electrons. The third-order valence-electron chi connectivity index (χ3n) is 3.19. The predicted molar refractivity (Wildman–Crippen MR) is 74.4 cm³/mol. The Bertz CT molecular complexity index is 516. The molecule has 20 heavy (non-hydrogen) atoms. The molecular formula is C14H17N3O3. The molecule has 1 unspecified atom stereocenters. The SMILES string of the molecule is N[C@@H](CC1CN(C(=O)Cc2ccccc2)C=N1)C(=O)O. The number of hydrogen-bond acceptors (Lipinski definition) is 4. The Morgan fingerprint density at radius 3 is 2.75 bits per heavy atom. The fourth-order valence-corrected chi connectivity index (χ4v) is 2.06. The van der Waals surface area contributed by atoms with Gasteiger partial charge in [0.2, 0.25) is 5.91 Å². The predicted octanol–water partition coefficient (Wildman–Crippen LogP) is 0.270. The van der Waals surface area contributed by atoms with Gasteiger partial charge in [-0.05, 0) is 12.0 Å². The quantitative estimate of drug-likeness (QED) is 0.806. The van der Waals surface area contributed by atoms with Crippen molar-refractivity contribution in [2.45, 2.75) is 24.9 Å². The van der Waals surface area contributed by atoms with Crippen molar-refractivity contribution < 1.29 is 14.7 Å². The van der Waals surface area contributed by atoms with E-state index in [0.717, 1.165) is 5.56 Å². The summed E-state index contributed by atoms with van der Waals surface area (Å²) in [5.41, 5.74) is 6.41. The third-order valence-corrected chi connectivity index (χ3v) is 3.19. The largest absolute Gasteiger partial charge is 0.480 e. The monoisotopic (exact) mass is 275 g/mol. The van der Waals surface area contributed by atoms with Crippen LogP contribution in [-0.4, -0.2) is 46.8 Å². The van der Waals surface area contributed by atoms with Gasteiger partial charge in [-0.2, -0.15) is 0 Å². The number of carboxylic acid groups (broad SMARTS) is 1. The minimum absolute atomic E-state index is 0.0497. The zero-order valence-corrected chi connectivity index (χ0v) is 11.0. The van der Waals surface area contributed by atoms with Gasteiger partial charge in [0.15, 0.2) is 0 Å². The second-order valence-electron chi connectivity index (χ2n) is 4.81. The minimum Gasteiger partial charge on any atom is -0.480 e. The van der Waals surface area contributed by atoms with E-state index in [2.05, 4.69) is 4.99 Å². The third kappa shape index (κ3) is 3.64. The molecule has 0 aromatic heterocycles. The molecule has 1 aromatic carbocycles. The van der Waals surface area contributed by atoms with E-state index in [1.54, 1.807) is 0 Å². The van der Waals surface area contributed by atoms with E-state index < -0.39 is 12.0 Å². The summed E-state index contributed by atoms with van der Waals surface area (Å²) in [6.07, 6.45) is 2.02. The second kappa shape index (κ2) is 6.29. The van der Waals surface area contributed by atoms with Gasteiger partial charge >= 0.3 is 5.97 Å². The Labute approximate surface area is 116 Å². The molecule has 0 saturated heterocycles. The summed E-state index contributed by atoms with van der Waals surface area (Å²) in [6.45, 7) is 0.395. The van der Waals surface area contributed by atoms with Crippen LogP contribution in [0, 0.1) is 0 Å². The molecular weight excluding hydrogens is 258 g/mol. The van der Waals surface area contributed by atoms with E-state index in [4.69, 9.17) is 10.8 Å². The molecule has 1 aliphatic heterocycles. The second-order valence-corrected chi connectivity index (χ2v) is 4.81. The van der Waals surface area contributed by atoms with Crippen LogP contribution in [0.3, 0.4) is 0 Å². The number of benzene rings is 1. The topological polar surface area (TPSA) is 96.0 Å². The smallest absolute Gasteiger partial charge is 0.320 e. The van der Waals surface area contributed by atoms with Gasteiger partial charge in [0.25, 0.3) is 0 Å². The fourth-order valence-electron chi connectivity index (χ4n) is 2.06. The average molecular weight is 275 g/mol. The number of carbonyl (C=O) groups excluding carboxylic acids is 1. The molecule has 3 N–H and O–H groups in total. The molecule has 0 radical (unpaired) electrons. The van der Waals surface area contributed by atoms with Crippen molar-refractivity contribution in [2.24, 2.45) is 10.7 Å². The molecule has 1 aromatic rings. The normalized spacial score (nSPS) is 19.1. The van der Waals surface area contributed by atoms with Crippen LogP contribution in [0.5, 0.6) is 0 Å². The van der Waals surface area contributed by atoms with Crippen LogP contribution in [0.2, 0.25) is 0 Å². The number of rotatable bonds is 5. The summed E-state index contributed by atoms with van der Waals surface area (Å²) in [4.78, 5) is 28.4. The van der Waals surface area contributed by atoms with Crippen molar-refractivity contribution in [2.75, 3.05) is 6.54 Å². The number of hydrogen-bond donors (Lipinski definition) is 2. The highest BCUT2D eigenvalue weighted by molar-refractivity contribution is 5.90. The fraction of sp³-hybridized carbons (Fsp3) is 0.357. The molecule has 1 amide bonds. The van der Waals surface area contributed by atoms with Crippen molar-refractivity contribution in [1.82, 2.24) is 4.90 Å². The van der Waals surface area contributed by atoms with Gasteiger partial charge < -0.3 is 15.7 Å². The van der Waals surface area contributed by atoms with E-state index in [9.17, 15) is 9.59 Å². The van der Waals surface area contributed by atoms with E-state index in [1.807, 2.05) is 30.3 Å². The van der Waals surface area contributed by atoms with Gasteiger partial charge in [0.05, 0.1) is 18.8 Å². The zero-order valence-electron chi connectivity index (χ0n) is 11.0. The highest BCUT2D eigenvalue weighted by atomic mass is 16.4. The summed E-state index contributed by atoms with van der Waals surface area (Å²) < 4.78 is 0. The molecule has 0 saturated carbocycles. The first-order chi connectivity index (χ1) is 9.56. The zero-order chi connectivity index (χ0) is 14.5. The van der Waals surface area contributed by atoms with Gasteiger partial charge in [-0.1, -0.05) is 30.3 Å². The summed E-state index contributed by atoms with van der Waals surface area (Å²) in [5.74, 6) is -1.10. The van der Waals surface area contributed by atoms with Crippen LogP contribution >= 0.6 is 0 Å². The van der Waals surface area contributed by atoms with Crippen molar-refractivity contribution >= 4 is 18.2 Å². The van der Waals surface area contributed by atoms with E-state index >= 15 is 0 Å². The van der Waals surface area contributed by atoms with Gasteiger partial charge in [-0.25, -0.2) is 0 Å². The molecule has 0 spiro atoms. The average Bonchev–Trinajstić information content (AvgIpc) is 2.88. The highest BCUT2D eigenvalue weighted by Gasteiger charge is 2.26. The van der Waals surface area contributed by atoms with Gasteiger partial charge in [-0.15, -0.1) is 0 Å². The number of carbonyl (C=O) groups is 2.